The second-order valence-electron chi connectivity index (χ2n) is 12.2. The van der Waals surface area contributed by atoms with Crippen LogP contribution in [0.3, 0.4) is 0 Å². The molecule has 1 aliphatic rings. The lowest BCUT2D eigenvalue weighted by atomic mass is 10.0. The minimum atomic E-state index is 0.416. The molecule has 0 radical (unpaired) electrons. The van der Waals surface area contributed by atoms with Crippen molar-refractivity contribution in [3.63, 3.8) is 0 Å². The number of benzene rings is 6. The summed E-state index contributed by atoms with van der Waals surface area (Å²) >= 11 is 0. The van der Waals surface area contributed by atoms with Crippen LogP contribution < -0.4 is 5.32 Å². The number of hydrogen-bond acceptors (Lipinski definition) is 4. The van der Waals surface area contributed by atoms with Gasteiger partial charge in [-0.05, 0) is 71.3 Å². The molecule has 5 heteroatoms. The average molecular weight is 616 g/mol. The summed E-state index contributed by atoms with van der Waals surface area (Å²) < 4.78 is 2.30. The lowest BCUT2D eigenvalue weighted by molar-refractivity contribution is 1.08. The van der Waals surface area contributed by atoms with E-state index in [9.17, 15) is 5.26 Å². The molecule has 0 amide bonds. The third kappa shape index (κ3) is 5.02. The van der Waals surface area contributed by atoms with Crippen molar-refractivity contribution >= 4 is 21.8 Å². The van der Waals surface area contributed by atoms with Gasteiger partial charge in [0.1, 0.15) is 0 Å². The van der Waals surface area contributed by atoms with Gasteiger partial charge in [-0.25, -0.2) is 9.97 Å². The maximum Gasteiger partial charge on any atom is 0.160 e. The van der Waals surface area contributed by atoms with E-state index in [0.717, 1.165) is 67.9 Å². The summed E-state index contributed by atoms with van der Waals surface area (Å²) in [5, 5.41) is 15.3. The van der Waals surface area contributed by atoms with Crippen molar-refractivity contribution in [1.29, 1.82) is 5.26 Å². The van der Waals surface area contributed by atoms with Gasteiger partial charge < -0.3 is 9.88 Å². The molecule has 0 bridgehead atoms. The zero-order valence-corrected chi connectivity index (χ0v) is 26.0. The van der Waals surface area contributed by atoms with Crippen LogP contribution in [0.15, 0.2) is 152 Å². The van der Waals surface area contributed by atoms with Crippen LogP contribution in [0.2, 0.25) is 0 Å². The minimum absolute atomic E-state index is 0.416. The molecule has 8 aromatic rings. The van der Waals surface area contributed by atoms with E-state index in [0.29, 0.717) is 17.4 Å². The average Bonchev–Trinajstić information content (AvgIpc) is 3.97. The highest BCUT2D eigenvalue weighted by atomic mass is 15.1. The topological polar surface area (TPSA) is 76.4 Å². The largest absolute Gasteiger partial charge is 0.309 e. The first kappa shape index (κ1) is 27.9. The molecule has 1 unspecified atom stereocenters. The summed E-state index contributed by atoms with van der Waals surface area (Å²) in [5.41, 5.74) is 12.3. The maximum atomic E-state index is 9.63. The highest BCUT2D eigenvalue weighted by Crippen LogP contribution is 2.36. The molecule has 48 heavy (non-hydrogen) atoms. The van der Waals surface area contributed by atoms with Gasteiger partial charge in [-0.1, -0.05) is 97.1 Å². The van der Waals surface area contributed by atoms with Gasteiger partial charge in [0.2, 0.25) is 0 Å². The number of aromatic nitrogens is 3. The Labute approximate surface area is 278 Å². The summed E-state index contributed by atoms with van der Waals surface area (Å²) in [6.45, 7) is 1.01. The van der Waals surface area contributed by atoms with Crippen LogP contribution in [-0.2, 0) is 0 Å². The Balaban J connectivity index is 1.11. The molecule has 3 heterocycles. The zero-order chi connectivity index (χ0) is 32.0. The third-order valence-electron chi connectivity index (χ3n) is 9.17. The smallest absolute Gasteiger partial charge is 0.160 e. The molecular formula is C43H29N5. The fourth-order valence-electron chi connectivity index (χ4n) is 6.63. The second-order valence-corrected chi connectivity index (χ2v) is 12.2. The molecule has 2 aromatic heterocycles. The van der Waals surface area contributed by atoms with Crippen molar-refractivity contribution < 1.29 is 0 Å². The predicted octanol–water partition coefficient (Wildman–Crippen LogP) is 9.76. The quantitative estimate of drug-likeness (QED) is 0.189. The van der Waals surface area contributed by atoms with E-state index < -0.39 is 0 Å². The van der Waals surface area contributed by atoms with E-state index in [4.69, 9.17) is 9.97 Å². The van der Waals surface area contributed by atoms with Gasteiger partial charge in [0.15, 0.2) is 5.82 Å². The number of rotatable bonds is 6. The van der Waals surface area contributed by atoms with Gasteiger partial charge in [0.05, 0.1) is 34.1 Å². The fourth-order valence-corrected chi connectivity index (χ4v) is 6.63. The summed E-state index contributed by atoms with van der Waals surface area (Å²) in [6.07, 6.45) is 0. The van der Waals surface area contributed by atoms with Crippen molar-refractivity contribution in [1.82, 2.24) is 19.9 Å². The first-order valence-electron chi connectivity index (χ1n) is 16.1. The van der Waals surface area contributed by atoms with Crippen LogP contribution in [-0.4, -0.2) is 21.1 Å². The van der Waals surface area contributed by atoms with Gasteiger partial charge in [-0.2, -0.15) is 5.26 Å². The van der Waals surface area contributed by atoms with Crippen molar-refractivity contribution in [3.8, 4) is 56.8 Å². The Hall–Kier alpha value is -6.35. The molecule has 226 valence electrons. The number of fused-ring (bicyclic) bond motifs is 3. The molecule has 1 atom stereocenters. The zero-order valence-electron chi connectivity index (χ0n) is 26.0. The summed E-state index contributed by atoms with van der Waals surface area (Å²) in [7, 11) is 0. The maximum absolute atomic E-state index is 9.63. The normalized spacial score (nSPS) is 13.9. The van der Waals surface area contributed by atoms with Crippen molar-refractivity contribution in [2.24, 2.45) is 0 Å². The highest BCUT2D eigenvalue weighted by molar-refractivity contribution is 6.10. The monoisotopic (exact) mass is 615 g/mol. The van der Waals surface area contributed by atoms with Gasteiger partial charge in [-0.3, -0.25) is 0 Å². The van der Waals surface area contributed by atoms with E-state index >= 15 is 0 Å². The van der Waals surface area contributed by atoms with Crippen LogP contribution in [0.1, 0.15) is 17.2 Å². The Morgan fingerprint density at radius 1 is 0.562 bits per heavy atom. The minimum Gasteiger partial charge on any atom is -0.309 e. The second kappa shape index (κ2) is 11.5. The Morgan fingerprint density at radius 3 is 1.90 bits per heavy atom. The van der Waals surface area contributed by atoms with Crippen LogP contribution in [0.25, 0.3) is 72.5 Å². The number of nitriles is 1. The number of nitrogens with one attached hydrogen (secondary N) is 1. The molecule has 0 saturated carbocycles. The Kier molecular flexibility index (Phi) is 6.67. The SMILES string of the molecule is N#Cc1ccc2c(c1)c1cc(C3CN3)ccc1n2-c1ccc(-c2cccc(-c3cc(-c4ccccc4)nc(-c4ccccc4)n3)c2)cc1. The summed E-state index contributed by atoms with van der Waals surface area (Å²) in [4.78, 5) is 9.99. The van der Waals surface area contributed by atoms with Crippen molar-refractivity contribution in [2.75, 3.05) is 6.54 Å². The molecule has 1 N–H and O–H groups in total. The lowest BCUT2D eigenvalue weighted by Gasteiger charge is -2.12. The van der Waals surface area contributed by atoms with E-state index in [1.807, 2.05) is 48.5 Å². The van der Waals surface area contributed by atoms with Crippen LogP contribution in [0, 0.1) is 11.3 Å². The highest BCUT2D eigenvalue weighted by Gasteiger charge is 2.23. The summed E-state index contributed by atoms with van der Waals surface area (Å²) in [5.74, 6) is 0.704. The van der Waals surface area contributed by atoms with Crippen molar-refractivity contribution in [2.45, 2.75) is 6.04 Å². The fraction of sp³-hybridized carbons (Fsp3) is 0.0465. The van der Waals surface area contributed by atoms with E-state index in [1.165, 1.54) is 10.9 Å². The standard InChI is InChI=1S/C43H29N5/c44-26-28-14-20-41-36(22-28)37-24-34(40-27-45-40)17-21-42(37)48(41)35-18-15-29(16-19-35)32-12-7-13-33(23-32)39-25-38(30-8-3-1-4-9-30)46-43(47-39)31-10-5-2-6-11-31/h1-25,40,45H,27H2. The van der Waals surface area contributed by atoms with Gasteiger partial charge in [-0.15, -0.1) is 0 Å². The van der Waals surface area contributed by atoms with E-state index in [-0.39, 0.29) is 0 Å². The first-order valence-corrected chi connectivity index (χ1v) is 16.1. The van der Waals surface area contributed by atoms with E-state index in [1.54, 1.807) is 0 Å². The molecule has 5 nitrogen and oxygen atoms in total. The molecule has 6 aromatic carbocycles. The molecule has 1 saturated heterocycles. The van der Waals surface area contributed by atoms with Gasteiger partial charge in [0, 0.05) is 45.7 Å². The van der Waals surface area contributed by atoms with Crippen molar-refractivity contribution in [3.05, 3.63) is 163 Å². The molecule has 0 aliphatic carbocycles. The molecule has 0 spiro atoms. The van der Waals surface area contributed by atoms with Gasteiger partial charge >= 0.3 is 0 Å². The molecular weight excluding hydrogens is 587 g/mol. The molecule has 1 fully saturated rings. The Bertz CT molecular complexity index is 2450. The van der Waals surface area contributed by atoms with Crippen LogP contribution >= 0.6 is 0 Å². The summed E-state index contributed by atoms with van der Waals surface area (Å²) in [6, 6.07) is 55.2. The van der Waals surface area contributed by atoms with Crippen LogP contribution in [0.4, 0.5) is 0 Å². The predicted molar refractivity (Wildman–Crippen MR) is 194 cm³/mol. The molecule has 9 rings (SSSR count). The lowest BCUT2D eigenvalue weighted by Crippen LogP contribution is -1.96. The first-order chi connectivity index (χ1) is 23.7. The number of hydrogen-bond donors (Lipinski definition) is 1. The molecule has 1 aliphatic heterocycles. The van der Waals surface area contributed by atoms with E-state index in [2.05, 4.69) is 119 Å². The third-order valence-corrected chi connectivity index (χ3v) is 9.17. The van der Waals surface area contributed by atoms with Crippen LogP contribution in [0.5, 0.6) is 0 Å². The Morgan fingerprint density at radius 2 is 1.19 bits per heavy atom. The number of nitrogens with zero attached hydrogens (tertiary/aromatic N) is 4. The van der Waals surface area contributed by atoms with Gasteiger partial charge in [0.25, 0.3) is 0 Å².